The fraction of sp³-hybridized carbons (Fsp3) is 0.538. The van der Waals surface area contributed by atoms with Crippen LogP contribution in [-0.2, 0) is 0 Å². The van der Waals surface area contributed by atoms with Gasteiger partial charge in [-0.1, -0.05) is 26.7 Å². The summed E-state index contributed by atoms with van der Waals surface area (Å²) in [5.74, 6) is 0.234. The third kappa shape index (κ3) is 4.25. The van der Waals surface area contributed by atoms with Crippen LogP contribution in [0.5, 0.6) is 0 Å². The Labute approximate surface area is 121 Å². The molecule has 1 N–H and O–H groups in total. The molecule has 0 fully saturated rings. The number of nitrogens with one attached hydrogen (secondary N) is 1. The number of aromatic nitrogens is 1. The number of hydrogen-bond acceptors (Lipinski definition) is 2. The van der Waals surface area contributed by atoms with Gasteiger partial charge in [-0.3, -0.25) is 4.79 Å². The highest BCUT2D eigenvalue weighted by molar-refractivity contribution is 9.10. The number of amides is 1. The largest absolute Gasteiger partial charge is 0.349 e. The van der Waals surface area contributed by atoms with Gasteiger partial charge < -0.3 is 5.32 Å². The van der Waals surface area contributed by atoms with E-state index in [2.05, 4.69) is 40.1 Å². The third-order valence-electron chi connectivity index (χ3n) is 2.99. The minimum absolute atomic E-state index is 0.0357. The van der Waals surface area contributed by atoms with Gasteiger partial charge in [0, 0.05) is 17.2 Å². The number of halogens is 2. The maximum Gasteiger partial charge on any atom is 0.271 e. The molecule has 1 rings (SSSR count). The summed E-state index contributed by atoms with van der Waals surface area (Å²) < 4.78 is 0.691. The Balaban J connectivity index is 2.54. The molecule has 0 saturated heterocycles. The normalized spacial score (nSPS) is 12.5. The maximum absolute atomic E-state index is 11.9. The smallest absolute Gasteiger partial charge is 0.271 e. The molecule has 0 aliphatic heterocycles. The number of carbonyl (C=O) groups is 1. The zero-order valence-corrected chi connectivity index (χ0v) is 13.0. The van der Waals surface area contributed by atoms with Crippen LogP contribution in [0.3, 0.4) is 0 Å². The molecule has 1 aromatic heterocycles. The van der Waals surface area contributed by atoms with Crippen molar-refractivity contribution in [2.24, 2.45) is 5.92 Å². The van der Waals surface area contributed by atoms with Gasteiger partial charge in [-0.15, -0.1) is 11.6 Å². The molecule has 0 aromatic carbocycles. The second kappa shape index (κ2) is 7.74. The van der Waals surface area contributed by atoms with Crippen molar-refractivity contribution in [2.45, 2.75) is 32.1 Å². The fourth-order valence-electron chi connectivity index (χ4n) is 1.79. The van der Waals surface area contributed by atoms with Gasteiger partial charge in [0.2, 0.25) is 0 Å². The van der Waals surface area contributed by atoms with Gasteiger partial charge in [0.05, 0.1) is 5.38 Å². The number of carbonyl (C=O) groups excluding carboxylic acids is 1. The van der Waals surface area contributed by atoms with Gasteiger partial charge in [0.1, 0.15) is 5.69 Å². The Morgan fingerprint density at radius 2 is 2.17 bits per heavy atom. The summed E-state index contributed by atoms with van der Waals surface area (Å²) in [4.78, 5) is 15.9. The minimum Gasteiger partial charge on any atom is -0.349 e. The topological polar surface area (TPSA) is 42.0 Å². The van der Waals surface area contributed by atoms with Crippen LogP contribution in [-0.4, -0.2) is 22.8 Å². The highest BCUT2D eigenvalue weighted by Gasteiger charge is 2.18. The van der Waals surface area contributed by atoms with Crippen LogP contribution >= 0.6 is 27.5 Å². The summed E-state index contributed by atoms with van der Waals surface area (Å²) in [6.45, 7) is 4.69. The van der Waals surface area contributed by atoms with E-state index in [1.165, 1.54) is 0 Å². The quantitative estimate of drug-likeness (QED) is 0.808. The zero-order chi connectivity index (χ0) is 13.5. The molecule has 0 spiro atoms. The lowest BCUT2D eigenvalue weighted by atomic mass is 9.99. The van der Waals surface area contributed by atoms with Crippen molar-refractivity contribution in [1.82, 2.24) is 10.3 Å². The van der Waals surface area contributed by atoms with Gasteiger partial charge in [-0.05, 0) is 34.0 Å². The fourth-order valence-corrected chi connectivity index (χ4v) is 2.66. The molecule has 3 nitrogen and oxygen atoms in total. The summed E-state index contributed by atoms with van der Waals surface area (Å²) >= 11 is 9.58. The number of alkyl halides is 1. The Bertz CT molecular complexity index is 396. The second-order valence-corrected chi connectivity index (χ2v) is 5.55. The molecule has 100 valence electrons. The predicted molar refractivity (Wildman–Crippen MR) is 78.0 cm³/mol. The highest BCUT2D eigenvalue weighted by Crippen LogP contribution is 2.18. The summed E-state index contributed by atoms with van der Waals surface area (Å²) in [6.07, 6.45) is 3.64. The molecule has 0 bridgehead atoms. The first-order chi connectivity index (χ1) is 8.60. The Morgan fingerprint density at radius 3 is 2.72 bits per heavy atom. The van der Waals surface area contributed by atoms with Crippen molar-refractivity contribution in [2.75, 3.05) is 6.54 Å². The standard InChI is InChI=1S/C13H18BrClN2O/c1-3-9(4-2)11(15)8-17-13(18)12-10(14)6-5-7-16-12/h5-7,9,11H,3-4,8H2,1-2H3,(H,17,18). The molecule has 0 saturated carbocycles. The summed E-state index contributed by atoms with van der Waals surface area (Å²) in [7, 11) is 0. The van der Waals surface area contributed by atoms with Gasteiger partial charge in [0.15, 0.2) is 0 Å². The van der Waals surface area contributed by atoms with E-state index >= 15 is 0 Å². The van der Waals surface area contributed by atoms with Crippen LogP contribution in [0.4, 0.5) is 0 Å². The lowest BCUT2D eigenvalue weighted by Crippen LogP contribution is -2.33. The van der Waals surface area contributed by atoms with Gasteiger partial charge in [0.25, 0.3) is 5.91 Å². The van der Waals surface area contributed by atoms with E-state index in [0.717, 1.165) is 12.8 Å². The summed E-state index contributed by atoms with van der Waals surface area (Å²) in [5.41, 5.74) is 0.394. The lowest BCUT2D eigenvalue weighted by molar-refractivity contribution is 0.0945. The van der Waals surface area contributed by atoms with E-state index in [4.69, 9.17) is 11.6 Å². The molecule has 0 radical (unpaired) electrons. The molecular formula is C13H18BrClN2O. The first-order valence-electron chi connectivity index (χ1n) is 6.12. The average molecular weight is 334 g/mol. The molecule has 5 heteroatoms. The van der Waals surface area contributed by atoms with E-state index in [-0.39, 0.29) is 11.3 Å². The van der Waals surface area contributed by atoms with Crippen molar-refractivity contribution >= 4 is 33.4 Å². The first-order valence-corrected chi connectivity index (χ1v) is 7.35. The maximum atomic E-state index is 11.9. The molecule has 1 unspecified atom stereocenters. The number of hydrogen-bond donors (Lipinski definition) is 1. The van der Waals surface area contributed by atoms with Crippen LogP contribution in [0.1, 0.15) is 37.2 Å². The van der Waals surface area contributed by atoms with E-state index in [0.29, 0.717) is 22.6 Å². The first kappa shape index (κ1) is 15.4. The number of rotatable bonds is 6. The van der Waals surface area contributed by atoms with Gasteiger partial charge >= 0.3 is 0 Å². The van der Waals surface area contributed by atoms with Gasteiger partial charge in [-0.2, -0.15) is 0 Å². The molecule has 1 heterocycles. The molecule has 0 aliphatic rings. The summed E-state index contributed by atoms with van der Waals surface area (Å²) in [6, 6.07) is 3.57. The van der Waals surface area contributed by atoms with Crippen molar-refractivity contribution in [3.63, 3.8) is 0 Å². The Morgan fingerprint density at radius 1 is 1.50 bits per heavy atom. The van der Waals surface area contributed by atoms with Crippen LogP contribution in [0.2, 0.25) is 0 Å². The van der Waals surface area contributed by atoms with Crippen molar-refractivity contribution in [3.8, 4) is 0 Å². The van der Waals surface area contributed by atoms with E-state index < -0.39 is 0 Å². The number of nitrogens with zero attached hydrogens (tertiary/aromatic N) is 1. The van der Waals surface area contributed by atoms with Crippen molar-refractivity contribution in [3.05, 3.63) is 28.5 Å². The molecule has 1 aromatic rings. The van der Waals surface area contributed by atoms with E-state index in [1.54, 1.807) is 18.3 Å². The predicted octanol–water partition coefficient (Wildman–Crippen LogP) is 3.62. The SMILES string of the molecule is CCC(CC)C(Cl)CNC(=O)c1ncccc1Br. The average Bonchev–Trinajstić information content (AvgIpc) is 2.38. The van der Waals surface area contributed by atoms with Crippen LogP contribution in [0, 0.1) is 5.92 Å². The van der Waals surface area contributed by atoms with Gasteiger partial charge in [-0.25, -0.2) is 4.98 Å². The second-order valence-electron chi connectivity index (χ2n) is 4.14. The number of pyridine rings is 1. The molecule has 1 amide bonds. The van der Waals surface area contributed by atoms with Crippen molar-refractivity contribution in [1.29, 1.82) is 0 Å². The lowest BCUT2D eigenvalue weighted by Gasteiger charge is -2.19. The minimum atomic E-state index is -0.195. The molecule has 1 atom stereocenters. The zero-order valence-electron chi connectivity index (χ0n) is 10.6. The third-order valence-corrected chi connectivity index (χ3v) is 4.14. The van der Waals surface area contributed by atoms with Crippen LogP contribution in [0.15, 0.2) is 22.8 Å². The Kier molecular flexibility index (Phi) is 6.65. The molecule has 0 aliphatic carbocycles. The van der Waals surface area contributed by atoms with Crippen LogP contribution < -0.4 is 5.32 Å². The van der Waals surface area contributed by atoms with E-state index in [9.17, 15) is 4.79 Å². The van der Waals surface area contributed by atoms with Crippen molar-refractivity contribution < 1.29 is 4.79 Å². The van der Waals surface area contributed by atoms with Crippen LogP contribution in [0.25, 0.3) is 0 Å². The monoisotopic (exact) mass is 332 g/mol. The van der Waals surface area contributed by atoms with E-state index in [1.807, 2.05) is 0 Å². The summed E-state index contributed by atoms with van der Waals surface area (Å²) in [5, 5.41) is 2.79. The molecule has 18 heavy (non-hydrogen) atoms. The highest BCUT2D eigenvalue weighted by atomic mass is 79.9. The molecular weight excluding hydrogens is 316 g/mol. The Hall–Kier alpha value is -0.610.